The van der Waals surface area contributed by atoms with E-state index in [-0.39, 0.29) is 5.91 Å². The van der Waals surface area contributed by atoms with Crippen molar-refractivity contribution in [3.05, 3.63) is 30.1 Å². The van der Waals surface area contributed by atoms with E-state index in [0.717, 1.165) is 16.6 Å². The summed E-state index contributed by atoms with van der Waals surface area (Å²) >= 11 is 0. The molecular formula is C11H11N3O. The highest BCUT2D eigenvalue weighted by Crippen LogP contribution is 2.22. The molecule has 0 aliphatic rings. The van der Waals surface area contributed by atoms with Crippen LogP contribution in [0.3, 0.4) is 0 Å². The molecule has 0 fully saturated rings. The van der Waals surface area contributed by atoms with Crippen molar-refractivity contribution in [2.75, 3.05) is 5.32 Å². The van der Waals surface area contributed by atoms with Crippen LogP contribution in [-0.2, 0) is 4.79 Å². The molecule has 0 atom stereocenters. The molecule has 4 heteroatoms. The van der Waals surface area contributed by atoms with Crippen LogP contribution in [-0.4, -0.2) is 15.9 Å². The van der Waals surface area contributed by atoms with E-state index in [9.17, 15) is 4.79 Å². The highest BCUT2D eigenvalue weighted by molar-refractivity contribution is 5.99. The second-order valence-electron chi connectivity index (χ2n) is 3.36. The maximum Gasteiger partial charge on any atom is 0.221 e. The lowest BCUT2D eigenvalue weighted by Gasteiger charge is -2.06. The number of aryl methyl sites for hydroxylation is 1. The van der Waals surface area contributed by atoms with E-state index in [1.165, 1.54) is 6.92 Å². The Hall–Kier alpha value is -1.97. The molecule has 1 aromatic heterocycles. The van der Waals surface area contributed by atoms with Gasteiger partial charge < -0.3 is 5.32 Å². The van der Waals surface area contributed by atoms with Crippen molar-refractivity contribution in [1.82, 2.24) is 9.97 Å². The SMILES string of the molecule is CC(=O)Nc1ccc(C)c2nccnc12. The molecule has 0 aliphatic heterocycles. The Morgan fingerprint density at radius 3 is 2.53 bits per heavy atom. The van der Waals surface area contributed by atoms with Crippen molar-refractivity contribution in [3.8, 4) is 0 Å². The first-order valence-corrected chi connectivity index (χ1v) is 4.66. The first kappa shape index (κ1) is 9.58. The minimum absolute atomic E-state index is 0.106. The van der Waals surface area contributed by atoms with E-state index in [1.54, 1.807) is 12.4 Å². The fraction of sp³-hybridized carbons (Fsp3) is 0.182. The predicted octanol–water partition coefficient (Wildman–Crippen LogP) is 1.90. The number of benzene rings is 1. The van der Waals surface area contributed by atoms with E-state index in [4.69, 9.17) is 0 Å². The lowest BCUT2D eigenvalue weighted by Crippen LogP contribution is -2.07. The van der Waals surface area contributed by atoms with Crippen LogP contribution >= 0.6 is 0 Å². The number of rotatable bonds is 1. The van der Waals surface area contributed by atoms with E-state index in [2.05, 4.69) is 15.3 Å². The second kappa shape index (κ2) is 3.65. The third-order valence-electron chi connectivity index (χ3n) is 2.14. The maximum absolute atomic E-state index is 11.0. The van der Waals surface area contributed by atoms with Gasteiger partial charge in [0, 0.05) is 19.3 Å². The molecule has 0 unspecified atom stereocenters. The summed E-state index contributed by atoms with van der Waals surface area (Å²) in [6.07, 6.45) is 3.26. The molecule has 76 valence electrons. The van der Waals surface area contributed by atoms with Gasteiger partial charge in [0.1, 0.15) is 5.52 Å². The summed E-state index contributed by atoms with van der Waals surface area (Å²) in [5.74, 6) is -0.106. The summed E-state index contributed by atoms with van der Waals surface area (Å²) in [6, 6.07) is 3.76. The molecule has 0 saturated carbocycles. The van der Waals surface area contributed by atoms with E-state index < -0.39 is 0 Å². The summed E-state index contributed by atoms with van der Waals surface area (Å²) in [5.41, 5.74) is 3.31. The van der Waals surface area contributed by atoms with E-state index in [0.29, 0.717) is 5.69 Å². The van der Waals surface area contributed by atoms with Crippen molar-refractivity contribution in [2.45, 2.75) is 13.8 Å². The normalized spacial score (nSPS) is 10.3. The number of nitrogens with zero attached hydrogens (tertiary/aromatic N) is 2. The van der Waals surface area contributed by atoms with Gasteiger partial charge >= 0.3 is 0 Å². The number of fused-ring (bicyclic) bond motifs is 1. The number of amides is 1. The lowest BCUT2D eigenvalue weighted by atomic mass is 10.1. The summed E-state index contributed by atoms with van der Waals surface area (Å²) in [4.78, 5) is 19.4. The third-order valence-corrected chi connectivity index (χ3v) is 2.14. The van der Waals surface area contributed by atoms with Gasteiger partial charge in [0.25, 0.3) is 0 Å². The number of hydrogen-bond acceptors (Lipinski definition) is 3. The minimum Gasteiger partial charge on any atom is -0.324 e. The third kappa shape index (κ3) is 1.79. The molecule has 0 spiro atoms. The molecule has 1 heterocycles. The number of aromatic nitrogens is 2. The molecule has 2 rings (SSSR count). The Morgan fingerprint density at radius 2 is 1.87 bits per heavy atom. The summed E-state index contributed by atoms with van der Waals surface area (Å²) < 4.78 is 0. The first-order chi connectivity index (χ1) is 7.18. The van der Waals surface area contributed by atoms with Gasteiger partial charge in [-0.1, -0.05) is 6.07 Å². The zero-order valence-corrected chi connectivity index (χ0v) is 8.61. The van der Waals surface area contributed by atoms with Crippen LogP contribution in [0.4, 0.5) is 5.69 Å². The Bertz CT molecular complexity index is 522. The van der Waals surface area contributed by atoms with Gasteiger partial charge in [-0.3, -0.25) is 14.8 Å². The molecule has 0 saturated heterocycles. The Labute approximate surface area is 87.4 Å². The Kier molecular flexibility index (Phi) is 2.33. The summed E-state index contributed by atoms with van der Waals surface area (Å²) in [5, 5.41) is 2.73. The van der Waals surface area contributed by atoms with Gasteiger partial charge in [0.2, 0.25) is 5.91 Å². The van der Waals surface area contributed by atoms with Crippen LogP contribution in [0.15, 0.2) is 24.5 Å². The number of carbonyl (C=O) groups is 1. The first-order valence-electron chi connectivity index (χ1n) is 4.66. The molecule has 0 bridgehead atoms. The van der Waals surface area contributed by atoms with Gasteiger partial charge in [-0.05, 0) is 18.6 Å². The molecule has 0 aliphatic carbocycles. The lowest BCUT2D eigenvalue weighted by molar-refractivity contribution is -0.114. The second-order valence-corrected chi connectivity index (χ2v) is 3.36. The van der Waals surface area contributed by atoms with Gasteiger partial charge in [-0.15, -0.1) is 0 Å². The topological polar surface area (TPSA) is 54.9 Å². The van der Waals surface area contributed by atoms with Crippen LogP contribution in [0.25, 0.3) is 11.0 Å². The summed E-state index contributed by atoms with van der Waals surface area (Å²) in [7, 11) is 0. The number of hydrogen-bond donors (Lipinski definition) is 1. The minimum atomic E-state index is -0.106. The number of nitrogens with one attached hydrogen (secondary N) is 1. The molecule has 1 amide bonds. The van der Waals surface area contributed by atoms with Crippen molar-refractivity contribution in [2.24, 2.45) is 0 Å². The Morgan fingerprint density at radius 1 is 1.20 bits per heavy atom. The Balaban J connectivity index is 2.66. The van der Waals surface area contributed by atoms with Crippen LogP contribution in [0.1, 0.15) is 12.5 Å². The number of carbonyl (C=O) groups excluding carboxylic acids is 1. The zero-order valence-electron chi connectivity index (χ0n) is 8.61. The van der Waals surface area contributed by atoms with E-state index in [1.807, 2.05) is 19.1 Å². The van der Waals surface area contributed by atoms with Crippen molar-refractivity contribution < 1.29 is 4.79 Å². The van der Waals surface area contributed by atoms with Crippen molar-refractivity contribution >= 4 is 22.6 Å². The molecule has 1 aromatic carbocycles. The fourth-order valence-corrected chi connectivity index (χ4v) is 1.48. The van der Waals surface area contributed by atoms with Gasteiger partial charge in [-0.25, -0.2) is 0 Å². The standard InChI is InChI=1S/C11H11N3O/c1-7-3-4-9(14-8(2)15)11-10(7)12-5-6-13-11/h3-6H,1-2H3,(H,14,15). The molecule has 15 heavy (non-hydrogen) atoms. The molecule has 1 N–H and O–H groups in total. The highest BCUT2D eigenvalue weighted by atomic mass is 16.1. The smallest absolute Gasteiger partial charge is 0.221 e. The van der Waals surface area contributed by atoms with Gasteiger partial charge in [-0.2, -0.15) is 0 Å². The largest absolute Gasteiger partial charge is 0.324 e. The van der Waals surface area contributed by atoms with Crippen LogP contribution in [0.5, 0.6) is 0 Å². The number of anilines is 1. The predicted molar refractivity (Wildman–Crippen MR) is 58.6 cm³/mol. The summed E-state index contributed by atoms with van der Waals surface area (Å²) in [6.45, 7) is 3.44. The molecule has 2 aromatic rings. The van der Waals surface area contributed by atoms with Gasteiger partial charge in [0.15, 0.2) is 0 Å². The molecule has 4 nitrogen and oxygen atoms in total. The zero-order chi connectivity index (χ0) is 10.8. The van der Waals surface area contributed by atoms with Gasteiger partial charge in [0.05, 0.1) is 11.2 Å². The molecule has 0 radical (unpaired) electrons. The highest BCUT2D eigenvalue weighted by Gasteiger charge is 2.06. The van der Waals surface area contributed by atoms with E-state index >= 15 is 0 Å². The fourth-order valence-electron chi connectivity index (χ4n) is 1.48. The van der Waals surface area contributed by atoms with Crippen molar-refractivity contribution in [3.63, 3.8) is 0 Å². The molecular weight excluding hydrogens is 190 g/mol. The quantitative estimate of drug-likeness (QED) is 0.766. The maximum atomic E-state index is 11.0. The van der Waals surface area contributed by atoms with Crippen LogP contribution in [0, 0.1) is 6.92 Å². The van der Waals surface area contributed by atoms with Crippen LogP contribution < -0.4 is 5.32 Å². The van der Waals surface area contributed by atoms with Crippen LogP contribution in [0.2, 0.25) is 0 Å². The average molecular weight is 201 g/mol. The monoisotopic (exact) mass is 201 g/mol. The van der Waals surface area contributed by atoms with Crippen molar-refractivity contribution in [1.29, 1.82) is 0 Å². The average Bonchev–Trinajstić information content (AvgIpc) is 2.22.